The van der Waals surface area contributed by atoms with Gasteiger partial charge in [-0.2, -0.15) is 0 Å². The van der Waals surface area contributed by atoms with Crippen LogP contribution in [0.4, 0.5) is 20.6 Å². The number of aromatic nitrogens is 2. The highest BCUT2D eigenvalue weighted by Crippen LogP contribution is 2.47. The van der Waals surface area contributed by atoms with E-state index in [1.54, 1.807) is 6.07 Å². The molecule has 1 N–H and O–H groups in total. The van der Waals surface area contributed by atoms with Crippen LogP contribution in [0.2, 0.25) is 15.2 Å². The van der Waals surface area contributed by atoms with Crippen LogP contribution in [0.25, 0.3) is 10.6 Å². The van der Waals surface area contributed by atoms with E-state index in [9.17, 15) is 14.7 Å². The van der Waals surface area contributed by atoms with Gasteiger partial charge in [0.2, 0.25) is 6.41 Å². The zero-order valence-corrected chi connectivity index (χ0v) is 20.0. The smallest absolute Gasteiger partial charge is 0.407 e. The Morgan fingerprint density at radius 3 is 2.66 bits per heavy atom. The third-order valence-corrected chi connectivity index (χ3v) is 8.58. The molecule has 3 aromatic heterocycles. The number of carboxylic acid groups (broad SMARTS) is 1. The Labute approximate surface area is 205 Å². The molecule has 2 saturated heterocycles. The average Bonchev–Trinajstić information content (AvgIpc) is 3.53. The first-order valence-corrected chi connectivity index (χ1v) is 12.3. The van der Waals surface area contributed by atoms with Gasteiger partial charge in [-0.1, -0.05) is 46.1 Å². The molecule has 2 atom stereocenters. The molecule has 32 heavy (non-hydrogen) atoms. The summed E-state index contributed by atoms with van der Waals surface area (Å²) >= 11 is 21.0. The molecule has 0 saturated carbocycles. The van der Waals surface area contributed by atoms with Gasteiger partial charge in [-0.05, 0) is 18.6 Å². The van der Waals surface area contributed by atoms with E-state index >= 15 is 0 Å². The summed E-state index contributed by atoms with van der Waals surface area (Å²) in [4.78, 5) is 38.2. The van der Waals surface area contributed by atoms with E-state index in [1.165, 1.54) is 38.7 Å². The molecular weight excluding hydrogens is 517 g/mol. The number of fused-ring (bicyclic) bond motifs is 2. The summed E-state index contributed by atoms with van der Waals surface area (Å²) in [7, 11) is 0. The SMILES string of the molecule is O=CN(c1cnc(Cl)c(Cl)c1)c1nc(-c2cc(Cl)cs2)c(N2CC3CC2CN3C(=O)O)s1. The summed E-state index contributed by atoms with van der Waals surface area (Å²) in [6.45, 7) is 1.01. The van der Waals surface area contributed by atoms with Crippen molar-refractivity contribution in [2.45, 2.75) is 18.5 Å². The fraction of sp³-hybridized carbons (Fsp3) is 0.263. The van der Waals surface area contributed by atoms with Crippen molar-refractivity contribution in [3.05, 3.63) is 38.9 Å². The molecule has 0 spiro atoms. The number of carbonyl (C=O) groups excluding carboxylic acids is 1. The maximum atomic E-state index is 12.0. The van der Waals surface area contributed by atoms with Crippen LogP contribution in [0.1, 0.15) is 6.42 Å². The first-order valence-electron chi connectivity index (χ1n) is 9.42. The minimum Gasteiger partial charge on any atom is -0.465 e. The maximum absolute atomic E-state index is 12.0. The van der Waals surface area contributed by atoms with Crippen molar-refractivity contribution in [1.82, 2.24) is 14.9 Å². The predicted octanol–water partition coefficient (Wildman–Crippen LogP) is 5.46. The van der Waals surface area contributed by atoms with E-state index in [2.05, 4.69) is 9.88 Å². The second kappa shape index (κ2) is 8.35. The Balaban J connectivity index is 1.56. The Morgan fingerprint density at radius 1 is 1.25 bits per heavy atom. The summed E-state index contributed by atoms with van der Waals surface area (Å²) in [5, 5.41) is 13.5. The molecule has 3 aromatic rings. The number of hydrogen-bond acceptors (Lipinski definition) is 7. The van der Waals surface area contributed by atoms with Crippen LogP contribution >= 0.6 is 57.5 Å². The van der Waals surface area contributed by atoms with Crippen molar-refractivity contribution in [3.63, 3.8) is 0 Å². The maximum Gasteiger partial charge on any atom is 0.407 e. The number of anilines is 3. The molecule has 2 aliphatic rings. The van der Waals surface area contributed by atoms with Gasteiger partial charge < -0.3 is 14.9 Å². The number of carbonyl (C=O) groups is 2. The van der Waals surface area contributed by atoms with Gasteiger partial charge in [-0.25, -0.2) is 14.8 Å². The van der Waals surface area contributed by atoms with E-state index in [4.69, 9.17) is 39.8 Å². The number of pyridine rings is 1. The second-order valence-electron chi connectivity index (χ2n) is 7.35. The summed E-state index contributed by atoms with van der Waals surface area (Å²) in [6, 6.07) is 3.37. The van der Waals surface area contributed by atoms with Crippen LogP contribution in [-0.4, -0.2) is 57.7 Å². The van der Waals surface area contributed by atoms with E-state index in [0.29, 0.717) is 41.0 Å². The van der Waals surface area contributed by atoms with Gasteiger partial charge in [0.05, 0.1) is 32.8 Å². The largest absolute Gasteiger partial charge is 0.465 e. The van der Waals surface area contributed by atoms with Gasteiger partial charge in [0.1, 0.15) is 15.8 Å². The average molecular weight is 531 g/mol. The lowest BCUT2D eigenvalue weighted by Gasteiger charge is -2.33. The molecule has 0 aliphatic carbocycles. The number of amides is 2. The molecular formula is C19H14Cl3N5O3S2. The van der Waals surface area contributed by atoms with Crippen molar-refractivity contribution >= 4 is 85.8 Å². The normalized spacial score (nSPS) is 19.6. The third kappa shape index (κ3) is 3.69. The van der Waals surface area contributed by atoms with Crippen molar-refractivity contribution < 1.29 is 14.7 Å². The minimum absolute atomic E-state index is 0.0508. The lowest BCUT2D eigenvalue weighted by atomic mass is 10.2. The third-order valence-electron chi connectivity index (χ3n) is 5.52. The van der Waals surface area contributed by atoms with Crippen LogP contribution in [0.5, 0.6) is 0 Å². The van der Waals surface area contributed by atoms with Gasteiger partial charge in [-0.3, -0.25) is 9.69 Å². The summed E-state index contributed by atoms with van der Waals surface area (Å²) in [5.41, 5.74) is 1.14. The highest BCUT2D eigenvalue weighted by atomic mass is 35.5. The van der Waals surface area contributed by atoms with Crippen molar-refractivity contribution in [2.75, 3.05) is 22.9 Å². The van der Waals surface area contributed by atoms with E-state index in [1.807, 2.05) is 11.4 Å². The number of thiophene rings is 1. The Bertz CT molecular complexity index is 1220. The Hall–Kier alpha value is -2.11. The molecule has 166 valence electrons. The molecule has 8 nitrogen and oxygen atoms in total. The number of rotatable bonds is 5. The lowest BCUT2D eigenvalue weighted by molar-refractivity contribution is -0.106. The molecule has 2 aliphatic heterocycles. The molecule has 5 rings (SSSR count). The molecule has 2 bridgehead atoms. The van der Waals surface area contributed by atoms with E-state index in [0.717, 1.165) is 16.3 Å². The number of nitrogens with zero attached hydrogens (tertiary/aromatic N) is 5. The van der Waals surface area contributed by atoms with Crippen LogP contribution < -0.4 is 9.80 Å². The number of likely N-dealkylation sites (tertiary alicyclic amines) is 1. The van der Waals surface area contributed by atoms with Crippen LogP contribution in [0, 0.1) is 0 Å². The molecule has 2 amide bonds. The fourth-order valence-corrected chi connectivity index (χ4v) is 6.65. The Morgan fingerprint density at radius 2 is 2.06 bits per heavy atom. The highest BCUT2D eigenvalue weighted by molar-refractivity contribution is 7.21. The zero-order chi connectivity index (χ0) is 22.6. The predicted molar refractivity (Wildman–Crippen MR) is 127 cm³/mol. The topological polar surface area (TPSA) is 89.9 Å². The number of thiazole rings is 1. The first-order chi connectivity index (χ1) is 15.4. The van der Waals surface area contributed by atoms with Gasteiger partial charge in [0.25, 0.3) is 0 Å². The van der Waals surface area contributed by atoms with Gasteiger partial charge in [-0.15, -0.1) is 11.3 Å². The molecule has 0 radical (unpaired) electrons. The molecule has 0 aromatic carbocycles. The summed E-state index contributed by atoms with van der Waals surface area (Å²) < 4.78 is 0. The van der Waals surface area contributed by atoms with Crippen LogP contribution in [0.15, 0.2) is 23.7 Å². The van der Waals surface area contributed by atoms with Crippen LogP contribution in [-0.2, 0) is 4.79 Å². The molecule has 13 heteroatoms. The number of halogens is 3. The van der Waals surface area contributed by atoms with Gasteiger partial charge >= 0.3 is 6.09 Å². The summed E-state index contributed by atoms with van der Waals surface area (Å²) in [6.07, 6.45) is 1.97. The van der Waals surface area contributed by atoms with Crippen molar-refractivity contribution in [1.29, 1.82) is 0 Å². The van der Waals surface area contributed by atoms with Crippen molar-refractivity contribution in [3.8, 4) is 10.6 Å². The quantitative estimate of drug-likeness (QED) is 0.348. The number of hydrogen-bond donors (Lipinski definition) is 1. The second-order valence-corrected chi connectivity index (χ2v) is 10.4. The monoisotopic (exact) mass is 529 g/mol. The molecule has 2 unspecified atom stereocenters. The molecule has 2 fully saturated rings. The van der Waals surface area contributed by atoms with Gasteiger partial charge in [0, 0.05) is 24.5 Å². The molecule has 5 heterocycles. The zero-order valence-electron chi connectivity index (χ0n) is 16.1. The fourth-order valence-electron chi connectivity index (χ4n) is 4.11. The van der Waals surface area contributed by atoms with Gasteiger partial charge in [0.15, 0.2) is 5.13 Å². The Kier molecular flexibility index (Phi) is 5.67. The standard InChI is InChI=1S/C19H14Cl3N5O3S2/c20-9-1-14(31-7-9)15-17(25-5-12-2-11(25)6-26(12)19(29)30)32-18(24-15)27(8-28)10-3-13(21)16(22)23-4-10/h1,3-4,7-8,11-12H,2,5-6H2,(H,29,30). The van der Waals surface area contributed by atoms with E-state index < -0.39 is 6.09 Å². The first kappa shape index (κ1) is 21.7. The minimum atomic E-state index is -0.897. The van der Waals surface area contributed by atoms with Crippen LogP contribution in [0.3, 0.4) is 0 Å². The lowest BCUT2D eigenvalue weighted by Crippen LogP contribution is -2.48. The summed E-state index contributed by atoms with van der Waals surface area (Å²) in [5.74, 6) is 0. The highest BCUT2D eigenvalue weighted by Gasteiger charge is 2.47. The number of piperazine rings is 1. The van der Waals surface area contributed by atoms with E-state index in [-0.39, 0.29) is 22.3 Å². The van der Waals surface area contributed by atoms with Crippen molar-refractivity contribution in [2.24, 2.45) is 0 Å².